The highest BCUT2D eigenvalue weighted by Gasteiger charge is 2.17. The number of imidazole rings is 4. The Hall–Kier alpha value is -5.00. The highest BCUT2D eigenvalue weighted by molar-refractivity contribution is 5.25. The molecule has 0 aliphatic rings. The molecule has 45 heavy (non-hydrogen) atoms. The minimum absolute atomic E-state index is 0.0782. The molecule has 0 bridgehead atoms. The molecule has 4 rings (SSSR count). The van der Waals surface area contributed by atoms with Gasteiger partial charge in [0.15, 0.2) is 0 Å². The predicted octanol–water partition coefficient (Wildman–Crippen LogP) is 1.03. The van der Waals surface area contributed by atoms with Crippen LogP contribution in [0, 0.1) is 20.2 Å². The van der Waals surface area contributed by atoms with Gasteiger partial charge in [0.05, 0.1) is 51.1 Å². The maximum Gasteiger partial charge on any atom is 0.434 e. The van der Waals surface area contributed by atoms with E-state index in [1.54, 1.807) is 50.6 Å². The molecule has 0 fully saturated rings. The van der Waals surface area contributed by atoms with Crippen molar-refractivity contribution in [3.05, 3.63) is 67.8 Å². The van der Waals surface area contributed by atoms with E-state index in [-0.39, 0.29) is 18.5 Å². The van der Waals surface area contributed by atoms with Crippen LogP contribution in [-0.2, 0) is 68.8 Å². The Morgan fingerprint density at radius 3 is 1.20 bits per heavy atom. The highest BCUT2D eigenvalue weighted by atomic mass is 16.6. The predicted molar refractivity (Wildman–Crippen MR) is 155 cm³/mol. The van der Waals surface area contributed by atoms with Gasteiger partial charge in [-0.2, -0.15) is 0 Å². The summed E-state index contributed by atoms with van der Waals surface area (Å²) in [6.07, 6.45) is 5.99. The van der Waals surface area contributed by atoms with E-state index in [4.69, 9.17) is 29.7 Å². The van der Waals surface area contributed by atoms with E-state index in [0.29, 0.717) is 48.8 Å². The Labute approximate surface area is 256 Å². The molecule has 0 aromatic carbocycles. The van der Waals surface area contributed by atoms with Gasteiger partial charge in [-0.25, -0.2) is 30.1 Å². The molecule has 0 unspecified atom stereocenters. The fourth-order valence-electron chi connectivity index (χ4n) is 3.30. The number of ether oxygens (including phenoxy) is 3. The van der Waals surface area contributed by atoms with Crippen molar-refractivity contribution in [3.8, 4) is 0 Å². The number of nitrogens with zero attached hydrogens (tertiary/aromatic N) is 10. The average Bonchev–Trinajstić information content (AvgIpc) is 3.77. The first-order valence-electron chi connectivity index (χ1n) is 12.6. The zero-order valence-corrected chi connectivity index (χ0v) is 25.8. The number of aliphatic hydroxyl groups is 1. The molecule has 0 aliphatic heterocycles. The number of aliphatic hydroxyl groups excluding tert-OH is 1. The SMILES string of the molecule is COCc1cnc(NO)n1C.COCc1cnc([N+](=O)[O-])n1C.COCc1cnc([N+](=O)[O-])n1C.Cn1c(CO)cnc1NO. The summed E-state index contributed by atoms with van der Waals surface area (Å²) in [5, 5.41) is 46.2. The Morgan fingerprint density at radius 1 is 0.644 bits per heavy atom. The third-order valence-electron chi connectivity index (χ3n) is 5.85. The van der Waals surface area contributed by atoms with Crippen LogP contribution in [0.4, 0.5) is 23.8 Å². The van der Waals surface area contributed by atoms with E-state index < -0.39 is 9.85 Å². The standard InChI is InChI=1S/2C6H9N3O3.C6H11N3O2.C5H9N3O2/c2*1-8-5(4-12-2)3-7-6(8)9(10)11;1-9-5(4-11-2)3-7-6(9)8-10;1-8-4(3-9)2-6-5(8)7-10/h2*3H,4H2,1-2H3;3,10H,4H2,1-2H3,(H,7,8);2,9-10H,3H2,1H3,(H,6,7). The number of hydrogen-bond donors (Lipinski definition) is 5. The summed E-state index contributed by atoms with van der Waals surface area (Å²) in [6.45, 7) is 1.07. The molecule has 250 valence electrons. The van der Waals surface area contributed by atoms with Crippen molar-refractivity contribution in [2.24, 2.45) is 28.2 Å². The van der Waals surface area contributed by atoms with Crippen molar-refractivity contribution in [1.29, 1.82) is 0 Å². The monoisotopic (exact) mass is 642 g/mol. The molecule has 0 aliphatic carbocycles. The minimum Gasteiger partial charge on any atom is -0.390 e. The van der Waals surface area contributed by atoms with Gasteiger partial charge in [-0.15, -0.1) is 0 Å². The lowest BCUT2D eigenvalue weighted by molar-refractivity contribution is -0.396. The van der Waals surface area contributed by atoms with Crippen LogP contribution in [0.2, 0.25) is 0 Å². The fourth-order valence-corrected chi connectivity index (χ4v) is 3.30. The molecule has 0 spiro atoms. The van der Waals surface area contributed by atoms with E-state index in [0.717, 1.165) is 5.69 Å². The number of nitrogens with one attached hydrogen (secondary N) is 2. The second-order valence-corrected chi connectivity index (χ2v) is 8.68. The topological polar surface area (TPSA) is 270 Å². The minimum atomic E-state index is -0.529. The molecule has 5 N–H and O–H groups in total. The smallest absolute Gasteiger partial charge is 0.390 e. The van der Waals surface area contributed by atoms with Gasteiger partial charge in [-0.1, -0.05) is 9.97 Å². The zero-order valence-electron chi connectivity index (χ0n) is 25.8. The Balaban J connectivity index is 0.000000301. The quantitative estimate of drug-likeness (QED) is 0.113. The lowest BCUT2D eigenvalue weighted by Gasteiger charge is -2.02. The molecule has 0 amide bonds. The Bertz CT molecular complexity index is 1400. The van der Waals surface area contributed by atoms with E-state index in [2.05, 4.69) is 19.9 Å². The summed E-state index contributed by atoms with van der Waals surface area (Å²) in [5.74, 6) is 0.408. The van der Waals surface area contributed by atoms with Crippen molar-refractivity contribution in [2.75, 3.05) is 32.3 Å². The maximum atomic E-state index is 10.3. The van der Waals surface area contributed by atoms with Crippen molar-refractivity contribution in [1.82, 2.24) is 38.2 Å². The lowest BCUT2D eigenvalue weighted by atomic mass is 10.5. The largest absolute Gasteiger partial charge is 0.434 e. The first-order chi connectivity index (χ1) is 21.4. The van der Waals surface area contributed by atoms with Gasteiger partial charge in [0.2, 0.25) is 11.9 Å². The van der Waals surface area contributed by atoms with E-state index in [1.807, 2.05) is 11.0 Å². The first kappa shape index (κ1) is 38.0. The van der Waals surface area contributed by atoms with Crippen LogP contribution < -0.4 is 11.0 Å². The van der Waals surface area contributed by atoms with Crippen LogP contribution in [0.15, 0.2) is 24.8 Å². The third kappa shape index (κ3) is 10.9. The van der Waals surface area contributed by atoms with Gasteiger partial charge in [0, 0.05) is 35.4 Å². The summed E-state index contributed by atoms with van der Waals surface area (Å²) >= 11 is 0. The highest BCUT2D eigenvalue weighted by Crippen LogP contribution is 2.12. The molecule has 22 nitrogen and oxygen atoms in total. The molecular weight excluding hydrogens is 604 g/mol. The van der Waals surface area contributed by atoms with Crippen molar-refractivity contribution in [2.45, 2.75) is 26.4 Å². The van der Waals surface area contributed by atoms with Gasteiger partial charge in [0.25, 0.3) is 0 Å². The molecular formula is C23H38N12O10. The van der Waals surface area contributed by atoms with Gasteiger partial charge < -0.3 is 48.7 Å². The third-order valence-corrected chi connectivity index (χ3v) is 5.85. The summed E-state index contributed by atoms with van der Waals surface area (Å²) in [7, 11) is 11.3. The Morgan fingerprint density at radius 2 is 0.956 bits per heavy atom. The van der Waals surface area contributed by atoms with Gasteiger partial charge in [-0.05, 0) is 9.85 Å². The molecule has 0 saturated carbocycles. The lowest BCUT2D eigenvalue weighted by Crippen LogP contribution is -2.02. The summed E-state index contributed by atoms with van der Waals surface area (Å²) in [6, 6.07) is 0. The van der Waals surface area contributed by atoms with Crippen molar-refractivity contribution < 1.29 is 39.6 Å². The molecule has 4 aromatic rings. The van der Waals surface area contributed by atoms with Crippen LogP contribution in [0.3, 0.4) is 0 Å². The number of methoxy groups -OCH3 is 3. The number of aromatic nitrogens is 8. The number of hydrogen-bond acceptors (Lipinski definition) is 16. The van der Waals surface area contributed by atoms with Crippen molar-refractivity contribution >= 4 is 23.8 Å². The molecule has 0 atom stereocenters. The van der Waals surface area contributed by atoms with Crippen LogP contribution in [0.25, 0.3) is 0 Å². The number of rotatable bonds is 11. The van der Waals surface area contributed by atoms with Crippen LogP contribution in [-0.4, -0.2) is 84.9 Å². The van der Waals surface area contributed by atoms with Gasteiger partial charge in [0.1, 0.15) is 37.0 Å². The Kier molecular flexibility index (Phi) is 16.3. The second-order valence-electron chi connectivity index (χ2n) is 8.68. The fraction of sp³-hybridized carbons (Fsp3) is 0.478. The average molecular weight is 643 g/mol. The second kappa shape index (κ2) is 19.3. The number of anilines is 2. The van der Waals surface area contributed by atoms with Crippen LogP contribution >= 0.6 is 0 Å². The summed E-state index contributed by atoms with van der Waals surface area (Å²) in [4.78, 5) is 34.4. The molecule has 0 radical (unpaired) electrons. The van der Waals surface area contributed by atoms with Crippen LogP contribution in [0.1, 0.15) is 22.8 Å². The summed E-state index contributed by atoms with van der Waals surface area (Å²) in [5.41, 5.74) is 6.79. The summed E-state index contributed by atoms with van der Waals surface area (Å²) < 4.78 is 20.6. The first-order valence-corrected chi connectivity index (χ1v) is 12.6. The van der Waals surface area contributed by atoms with E-state index >= 15 is 0 Å². The van der Waals surface area contributed by atoms with Crippen LogP contribution in [0.5, 0.6) is 0 Å². The molecule has 0 saturated heterocycles. The molecule has 4 heterocycles. The van der Waals surface area contributed by atoms with Gasteiger partial charge in [-0.3, -0.25) is 10.4 Å². The number of nitro groups is 2. The molecule has 4 aromatic heterocycles. The van der Waals surface area contributed by atoms with E-state index in [1.165, 1.54) is 41.9 Å². The van der Waals surface area contributed by atoms with E-state index in [9.17, 15) is 20.2 Å². The normalized spacial score (nSPS) is 10.1. The van der Waals surface area contributed by atoms with Crippen molar-refractivity contribution in [3.63, 3.8) is 0 Å². The zero-order chi connectivity index (χ0) is 34.1. The maximum absolute atomic E-state index is 10.3. The molecule has 22 heteroatoms. The van der Waals surface area contributed by atoms with Gasteiger partial charge >= 0.3 is 11.9 Å².